The standard InChI is InChI=1S/C12H19N/c1-6-11(7-2)9-12(8-3)10(4)13-5/h6-8,13H,1,3,9H2,2,4-5H3/b11-7+,12-10-. The van der Waals surface area contributed by atoms with E-state index in [1.807, 2.05) is 33.0 Å². The van der Waals surface area contributed by atoms with E-state index in [0.717, 1.165) is 12.1 Å². The van der Waals surface area contributed by atoms with Gasteiger partial charge in [-0.3, -0.25) is 0 Å². The second kappa shape index (κ2) is 6.30. The zero-order valence-corrected chi connectivity index (χ0v) is 8.85. The summed E-state index contributed by atoms with van der Waals surface area (Å²) in [6, 6.07) is 0. The Kier molecular flexibility index (Phi) is 5.69. The summed E-state index contributed by atoms with van der Waals surface area (Å²) in [5.41, 5.74) is 3.61. The van der Waals surface area contributed by atoms with Gasteiger partial charge in [0.1, 0.15) is 0 Å². The predicted octanol–water partition coefficient (Wildman–Crippen LogP) is 3.19. The minimum atomic E-state index is 0.899. The van der Waals surface area contributed by atoms with Gasteiger partial charge in [-0.25, -0.2) is 0 Å². The van der Waals surface area contributed by atoms with Gasteiger partial charge in [0.25, 0.3) is 0 Å². The van der Waals surface area contributed by atoms with E-state index in [9.17, 15) is 0 Å². The summed E-state index contributed by atoms with van der Waals surface area (Å²) in [4.78, 5) is 0. The maximum atomic E-state index is 3.79. The van der Waals surface area contributed by atoms with Crippen molar-refractivity contribution in [3.63, 3.8) is 0 Å². The average Bonchev–Trinajstić information content (AvgIpc) is 2.19. The number of nitrogens with one attached hydrogen (secondary N) is 1. The van der Waals surface area contributed by atoms with Crippen molar-refractivity contribution in [1.29, 1.82) is 0 Å². The fourth-order valence-electron chi connectivity index (χ4n) is 1.03. The van der Waals surface area contributed by atoms with Crippen molar-refractivity contribution in [3.05, 3.63) is 48.2 Å². The highest BCUT2D eigenvalue weighted by atomic mass is 14.8. The molecule has 0 amide bonds. The number of hydrogen-bond donors (Lipinski definition) is 1. The summed E-state index contributed by atoms with van der Waals surface area (Å²) in [6.07, 6.45) is 6.74. The lowest BCUT2D eigenvalue weighted by Gasteiger charge is -2.08. The van der Waals surface area contributed by atoms with Crippen LogP contribution in [-0.4, -0.2) is 7.05 Å². The summed E-state index contributed by atoms with van der Waals surface area (Å²) >= 11 is 0. The van der Waals surface area contributed by atoms with Crippen molar-refractivity contribution in [2.24, 2.45) is 0 Å². The van der Waals surface area contributed by atoms with Crippen molar-refractivity contribution in [2.75, 3.05) is 7.05 Å². The van der Waals surface area contributed by atoms with Crippen LogP contribution in [0.1, 0.15) is 20.3 Å². The van der Waals surface area contributed by atoms with Gasteiger partial charge >= 0.3 is 0 Å². The molecular weight excluding hydrogens is 158 g/mol. The average molecular weight is 177 g/mol. The maximum absolute atomic E-state index is 3.79. The van der Waals surface area contributed by atoms with E-state index in [0.29, 0.717) is 0 Å². The normalized spacial score (nSPS) is 13.3. The molecule has 0 saturated carbocycles. The first kappa shape index (κ1) is 11.8. The zero-order valence-electron chi connectivity index (χ0n) is 8.85. The van der Waals surface area contributed by atoms with Crippen molar-refractivity contribution >= 4 is 0 Å². The number of hydrogen-bond acceptors (Lipinski definition) is 1. The fraction of sp³-hybridized carbons (Fsp3) is 0.333. The van der Waals surface area contributed by atoms with Crippen molar-refractivity contribution < 1.29 is 0 Å². The molecule has 1 nitrogen and oxygen atoms in total. The van der Waals surface area contributed by atoms with E-state index in [2.05, 4.69) is 24.6 Å². The van der Waals surface area contributed by atoms with Crippen LogP contribution in [0, 0.1) is 0 Å². The lowest BCUT2D eigenvalue weighted by Crippen LogP contribution is -2.05. The van der Waals surface area contributed by atoms with Crippen LogP contribution in [0.2, 0.25) is 0 Å². The molecule has 0 aliphatic carbocycles. The molecule has 0 rings (SSSR count). The topological polar surface area (TPSA) is 12.0 Å². The van der Waals surface area contributed by atoms with Gasteiger partial charge in [0, 0.05) is 12.7 Å². The molecule has 0 atom stereocenters. The molecule has 0 aromatic heterocycles. The maximum Gasteiger partial charge on any atom is 0.0108 e. The molecule has 0 radical (unpaired) electrons. The van der Waals surface area contributed by atoms with Crippen molar-refractivity contribution in [3.8, 4) is 0 Å². The Morgan fingerprint density at radius 3 is 2.23 bits per heavy atom. The molecular formula is C12H19N. The van der Waals surface area contributed by atoms with Gasteiger partial charge < -0.3 is 5.32 Å². The van der Waals surface area contributed by atoms with Crippen LogP contribution in [0.3, 0.4) is 0 Å². The molecule has 0 heterocycles. The monoisotopic (exact) mass is 177 g/mol. The van der Waals surface area contributed by atoms with Crippen LogP contribution in [0.15, 0.2) is 48.2 Å². The molecule has 0 saturated heterocycles. The van der Waals surface area contributed by atoms with E-state index < -0.39 is 0 Å². The van der Waals surface area contributed by atoms with E-state index >= 15 is 0 Å². The molecule has 0 aromatic carbocycles. The molecule has 1 N–H and O–H groups in total. The molecule has 0 bridgehead atoms. The molecule has 0 fully saturated rings. The molecule has 13 heavy (non-hydrogen) atoms. The summed E-state index contributed by atoms with van der Waals surface area (Å²) < 4.78 is 0. The van der Waals surface area contributed by atoms with Crippen LogP contribution in [0.4, 0.5) is 0 Å². The van der Waals surface area contributed by atoms with Crippen molar-refractivity contribution in [2.45, 2.75) is 20.3 Å². The van der Waals surface area contributed by atoms with Gasteiger partial charge in [-0.2, -0.15) is 0 Å². The largest absolute Gasteiger partial charge is 0.391 e. The van der Waals surface area contributed by atoms with Crippen LogP contribution in [0.5, 0.6) is 0 Å². The summed E-state index contributed by atoms with van der Waals surface area (Å²) in [5, 5.41) is 3.12. The Bertz CT molecular complexity index is 244. The highest BCUT2D eigenvalue weighted by molar-refractivity contribution is 5.31. The van der Waals surface area contributed by atoms with Crippen molar-refractivity contribution in [1.82, 2.24) is 5.32 Å². The van der Waals surface area contributed by atoms with E-state index in [1.54, 1.807) is 0 Å². The first-order valence-electron chi connectivity index (χ1n) is 4.47. The lowest BCUT2D eigenvalue weighted by molar-refractivity contribution is 0.949. The molecule has 0 spiro atoms. The Balaban J connectivity index is 4.64. The Morgan fingerprint density at radius 1 is 1.31 bits per heavy atom. The smallest absolute Gasteiger partial charge is 0.0108 e. The first-order valence-corrected chi connectivity index (χ1v) is 4.47. The first-order chi connectivity index (χ1) is 6.19. The number of rotatable bonds is 5. The molecule has 0 unspecified atom stereocenters. The lowest BCUT2D eigenvalue weighted by atomic mass is 10.0. The molecule has 72 valence electrons. The minimum Gasteiger partial charge on any atom is -0.391 e. The summed E-state index contributed by atoms with van der Waals surface area (Å²) in [7, 11) is 1.92. The van der Waals surface area contributed by atoms with Crippen LogP contribution in [-0.2, 0) is 0 Å². The Labute approximate surface area is 81.5 Å². The van der Waals surface area contributed by atoms with Gasteiger partial charge in [0.05, 0.1) is 0 Å². The van der Waals surface area contributed by atoms with Gasteiger partial charge in [-0.1, -0.05) is 31.4 Å². The second-order valence-electron chi connectivity index (χ2n) is 2.85. The van der Waals surface area contributed by atoms with E-state index in [1.165, 1.54) is 11.1 Å². The van der Waals surface area contributed by atoms with Crippen LogP contribution >= 0.6 is 0 Å². The molecule has 0 aliphatic rings. The quantitative estimate of drug-likeness (QED) is 0.636. The summed E-state index contributed by atoms with van der Waals surface area (Å²) in [5.74, 6) is 0. The summed E-state index contributed by atoms with van der Waals surface area (Å²) in [6.45, 7) is 11.6. The zero-order chi connectivity index (χ0) is 10.3. The minimum absolute atomic E-state index is 0.899. The fourth-order valence-corrected chi connectivity index (χ4v) is 1.03. The third-order valence-electron chi connectivity index (χ3n) is 2.13. The third kappa shape index (κ3) is 3.79. The Morgan fingerprint density at radius 2 is 1.92 bits per heavy atom. The predicted molar refractivity (Wildman–Crippen MR) is 60.5 cm³/mol. The van der Waals surface area contributed by atoms with Gasteiger partial charge in [0.15, 0.2) is 0 Å². The number of allylic oxidation sites excluding steroid dienone is 6. The van der Waals surface area contributed by atoms with Gasteiger partial charge in [-0.05, 0) is 31.4 Å². The second-order valence-corrected chi connectivity index (χ2v) is 2.85. The molecule has 0 aliphatic heterocycles. The highest BCUT2D eigenvalue weighted by Gasteiger charge is 1.98. The highest BCUT2D eigenvalue weighted by Crippen LogP contribution is 2.15. The Hall–Kier alpha value is -1.24. The van der Waals surface area contributed by atoms with E-state index in [-0.39, 0.29) is 0 Å². The van der Waals surface area contributed by atoms with Gasteiger partial charge in [-0.15, -0.1) is 0 Å². The van der Waals surface area contributed by atoms with Crippen LogP contribution in [0.25, 0.3) is 0 Å². The van der Waals surface area contributed by atoms with E-state index in [4.69, 9.17) is 0 Å². The third-order valence-corrected chi connectivity index (χ3v) is 2.13. The van der Waals surface area contributed by atoms with Gasteiger partial charge in [0.2, 0.25) is 0 Å². The molecule has 1 heteroatoms. The molecule has 0 aromatic rings. The SMILES string of the molecule is C=C/C(=C\C)C/C(C=C)=C(/C)NC. The van der Waals surface area contributed by atoms with Crippen LogP contribution < -0.4 is 5.32 Å².